The van der Waals surface area contributed by atoms with Gasteiger partial charge in [0.1, 0.15) is 17.3 Å². The van der Waals surface area contributed by atoms with Gasteiger partial charge in [-0.25, -0.2) is 4.39 Å². The summed E-state index contributed by atoms with van der Waals surface area (Å²) in [5.41, 5.74) is 1.98. The molecule has 18 heavy (non-hydrogen) atoms. The molecule has 0 atom stereocenters. The van der Waals surface area contributed by atoms with E-state index in [-0.39, 0.29) is 5.82 Å². The van der Waals surface area contributed by atoms with E-state index in [1.807, 2.05) is 38.2 Å². The average molecular weight is 245 g/mol. The van der Waals surface area contributed by atoms with Crippen molar-refractivity contribution < 1.29 is 9.13 Å². The summed E-state index contributed by atoms with van der Waals surface area (Å²) < 4.78 is 18.7. The molecule has 2 rings (SSSR count). The minimum absolute atomic E-state index is 0.246. The van der Waals surface area contributed by atoms with Gasteiger partial charge in [0.2, 0.25) is 0 Å². The third kappa shape index (κ3) is 3.08. The molecule has 94 valence electrons. The van der Waals surface area contributed by atoms with Gasteiger partial charge in [-0.05, 0) is 55.4 Å². The molecular formula is C15H16FNO. The van der Waals surface area contributed by atoms with Crippen molar-refractivity contribution in [3.63, 3.8) is 0 Å². The lowest BCUT2D eigenvalue weighted by Gasteiger charge is -2.09. The summed E-state index contributed by atoms with van der Waals surface area (Å²) in [7, 11) is 1.91. The molecule has 2 aromatic rings. The van der Waals surface area contributed by atoms with E-state index in [2.05, 4.69) is 5.32 Å². The molecule has 2 nitrogen and oxygen atoms in total. The van der Waals surface area contributed by atoms with Gasteiger partial charge in [-0.2, -0.15) is 0 Å². The van der Waals surface area contributed by atoms with Crippen molar-refractivity contribution in [2.24, 2.45) is 0 Å². The molecular weight excluding hydrogens is 229 g/mol. The first-order valence-corrected chi connectivity index (χ1v) is 5.86. The van der Waals surface area contributed by atoms with Crippen LogP contribution in [0.2, 0.25) is 0 Å². The topological polar surface area (TPSA) is 21.3 Å². The molecule has 2 aromatic carbocycles. The summed E-state index contributed by atoms with van der Waals surface area (Å²) in [6.45, 7) is 2.66. The van der Waals surface area contributed by atoms with Crippen LogP contribution in [0.5, 0.6) is 11.5 Å². The van der Waals surface area contributed by atoms with E-state index in [4.69, 9.17) is 4.74 Å². The molecule has 0 unspecified atom stereocenters. The van der Waals surface area contributed by atoms with Crippen LogP contribution in [0.3, 0.4) is 0 Å². The summed E-state index contributed by atoms with van der Waals surface area (Å²) in [6.07, 6.45) is 0. The van der Waals surface area contributed by atoms with Crippen LogP contribution >= 0.6 is 0 Å². The zero-order chi connectivity index (χ0) is 13.0. The molecule has 0 radical (unpaired) electrons. The Bertz CT molecular complexity index is 523. The first-order valence-electron chi connectivity index (χ1n) is 5.86. The predicted octanol–water partition coefficient (Wildman–Crippen LogP) is 3.65. The highest BCUT2D eigenvalue weighted by Gasteiger charge is 2.02. The fraction of sp³-hybridized carbons (Fsp3) is 0.200. The Morgan fingerprint density at radius 3 is 2.44 bits per heavy atom. The van der Waals surface area contributed by atoms with Crippen molar-refractivity contribution in [1.82, 2.24) is 5.32 Å². The second-order valence-corrected chi connectivity index (χ2v) is 4.19. The molecule has 0 saturated heterocycles. The van der Waals surface area contributed by atoms with Gasteiger partial charge in [0.15, 0.2) is 0 Å². The Balaban J connectivity index is 2.13. The van der Waals surface area contributed by atoms with Gasteiger partial charge in [0.05, 0.1) is 0 Å². The largest absolute Gasteiger partial charge is 0.457 e. The van der Waals surface area contributed by atoms with Crippen molar-refractivity contribution in [3.05, 3.63) is 59.4 Å². The molecule has 0 fully saturated rings. The molecule has 0 saturated carbocycles. The average Bonchev–Trinajstić information content (AvgIpc) is 2.35. The molecule has 0 bridgehead atoms. The maximum absolute atomic E-state index is 13.0. The quantitative estimate of drug-likeness (QED) is 0.887. The molecule has 0 aliphatic carbocycles. The number of aryl methyl sites for hydroxylation is 1. The highest BCUT2D eigenvalue weighted by Crippen LogP contribution is 2.25. The molecule has 3 heteroatoms. The summed E-state index contributed by atoms with van der Waals surface area (Å²) in [4.78, 5) is 0. The molecule has 0 aromatic heterocycles. The van der Waals surface area contributed by atoms with Crippen LogP contribution in [0, 0.1) is 12.7 Å². The molecule has 0 amide bonds. The van der Waals surface area contributed by atoms with Crippen LogP contribution in [-0.2, 0) is 6.54 Å². The molecule has 0 spiro atoms. The maximum atomic E-state index is 13.0. The fourth-order valence-electron chi connectivity index (χ4n) is 1.73. The first-order chi connectivity index (χ1) is 8.69. The number of benzene rings is 2. The van der Waals surface area contributed by atoms with Gasteiger partial charge in [-0.15, -0.1) is 0 Å². The highest BCUT2D eigenvalue weighted by molar-refractivity contribution is 5.38. The third-order valence-corrected chi connectivity index (χ3v) is 2.67. The first kappa shape index (κ1) is 12.6. The second-order valence-electron chi connectivity index (χ2n) is 4.19. The van der Waals surface area contributed by atoms with Gasteiger partial charge in [0.25, 0.3) is 0 Å². The molecule has 0 aliphatic heterocycles. The maximum Gasteiger partial charge on any atom is 0.130 e. The zero-order valence-corrected chi connectivity index (χ0v) is 10.5. The minimum atomic E-state index is -0.246. The highest BCUT2D eigenvalue weighted by atomic mass is 19.1. The number of hydrogen-bond acceptors (Lipinski definition) is 2. The van der Waals surface area contributed by atoms with E-state index in [0.29, 0.717) is 5.75 Å². The van der Waals surface area contributed by atoms with E-state index in [1.54, 1.807) is 6.07 Å². The monoisotopic (exact) mass is 245 g/mol. The van der Waals surface area contributed by atoms with Crippen LogP contribution in [0.1, 0.15) is 11.1 Å². The van der Waals surface area contributed by atoms with Gasteiger partial charge in [0, 0.05) is 6.54 Å². The van der Waals surface area contributed by atoms with Gasteiger partial charge in [-0.1, -0.05) is 12.1 Å². The normalized spacial score (nSPS) is 10.4. The number of nitrogens with one attached hydrogen (secondary N) is 1. The number of halogens is 1. The predicted molar refractivity (Wildman–Crippen MR) is 70.4 cm³/mol. The van der Waals surface area contributed by atoms with Gasteiger partial charge in [-0.3, -0.25) is 0 Å². The van der Waals surface area contributed by atoms with E-state index in [0.717, 1.165) is 17.9 Å². The molecule has 1 N–H and O–H groups in total. The number of rotatable bonds is 4. The van der Waals surface area contributed by atoms with Crippen molar-refractivity contribution in [2.75, 3.05) is 7.05 Å². The summed E-state index contributed by atoms with van der Waals surface area (Å²) in [5.74, 6) is 1.19. The van der Waals surface area contributed by atoms with E-state index in [9.17, 15) is 4.39 Å². The summed E-state index contributed by atoms with van der Waals surface area (Å²) in [6, 6.07) is 12.3. The van der Waals surface area contributed by atoms with Crippen LogP contribution in [0.15, 0.2) is 42.5 Å². The van der Waals surface area contributed by atoms with Crippen LogP contribution < -0.4 is 10.1 Å². The lowest BCUT2D eigenvalue weighted by molar-refractivity contribution is 0.476. The second kappa shape index (κ2) is 5.65. The standard InChI is InChI=1S/C15H16FNO/c1-11-9-13(16)5-8-15(11)18-14-6-3-12(4-7-14)10-17-2/h3-9,17H,10H2,1-2H3. The van der Waals surface area contributed by atoms with E-state index >= 15 is 0 Å². The molecule has 0 heterocycles. The van der Waals surface area contributed by atoms with Crippen molar-refractivity contribution in [2.45, 2.75) is 13.5 Å². The lowest BCUT2D eigenvalue weighted by Crippen LogP contribution is -2.04. The summed E-state index contributed by atoms with van der Waals surface area (Å²) in [5, 5.41) is 3.09. The van der Waals surface area contributed by atoms with Crippen molar-refractivity contribution >= 4 is 0 Å². The van der Waals surface area contributed by atoms with Crippen LogP contribution in [0.4, 0.5) is 4.39 Å². The number of hydrogen-bond donors (Lipinski definition) is 1. The van der Waals surface area contributed by atoms with Crippen LogP contribution in [-0.4, -0.2) is 7.05 Å². The smallest absolute Gasteiger partial charge is 0.130 e. The van der Waals surface area contributed by atoms with E-state index in [1.165, 1.54) is 17.7 Å². The van der Waals surface area contributed by atoms with Crippen molar-refractivity contribution in [3.8, 4) is 11.5 Å². The van der Waals surface area contributed by atoms with Crippen LogP contribution in [0.25, 0.3) is 0 Å². The fourth-order valence-corrected chi connectivity index (χ4v) is 1.73. The number of ether oxygens (including phenoxy) is 1. The summed E-state index contributed by atoms with van der Waals surface area (Å²) >= 11 is 0. The Kier molecular flexibility index (Phi) is 3.95. The Morgan fingerprint density at radius 1 is 1.11 bits per heavy atom. The third-order valence-electron chi connectivity index (χ3n) is 2.67. The molecule has 0 aliphatic rings. The zero-order valence-electron chi connectivity index (χ0n) is 10.5. The Labute approximate surface area is 106 Å². The van der Waals surface area contributed by atoms with Gasteiger partial charge < -0.3 is 10.1 Å². The SMILES string of the molecule is CNCc1ccc(Oc2ccc(F)cc2C)cc1. The van der Waals surface area contributed by atoms with Crippen molar-refractivity contribution in [1.29, 1.82) is 0 Å². The van der Waals surface area contributed by atoms with Gasteiger partial charge >= 0.3 is 0 Å². The Hall–Kier alpha value is -1.87. The minimum Gasteiger partial charge on any atom is -0.457 e. The lowest BCUT2D eigenvalue weighted by atomic mass is 10.2. The Morgan fingerprint density at radius 2 is 1.83 bits per heavy atom. The van der Waals surface area contributed by atoms with E-state index < -0.39 is 0 Å².